The van der Waals surface area contributed by atoms with Crippen molar-refractivity contribution in [2.45, 2.75) is 65.8 Å². The van der Waals surface area contributed by atoms with Gasteiger partial charge in [-0.1, -0.05) is 38.3 Å². The summed E-state index contributed by atoms with van der Waals surface area (Å²) in [6.45, 7) is 8.91. The van der Waals surface area contributed by atoms with E-state index in [1.807, 2.05) is 0 Å². The summed E-state index contributed by atoms with van der Waals surface area (Å²) < 4.78 is 0. The maximum absolute atomic E-state index is 5.93. The standard InChI is InChI=1S/C18H30N2/c1-5-15-7-6-8-16(11-15)18(20-19)17-10-13(3)12(2)9-14(17)4/h9-10,15-16,18,20H,5-8,11,19H2,1-4H3. The Morgan fingerprint density at radius 2 is 1.85 bits per heavy atom. The summed E-state index contributed by atoms with van der Waals surface area (Å²) in [6.07, 6.45) is 6.68. The fourth-order valence-corrected chi connectivity index (χ4v) is 3.80. The molecule has 0 saturated heterocycles. The first kappa shape index (κ1) is 15.5. The Labute approximate surface area is 124 Å². The summed E-state index contributed by atoms with van der Waals surface area (Å²) in [4.78, 5) is 0. The number of hydrazine groups is 1. The summed E-state index contributed by atoms with van der Waals surface area (Å²) in [6, 6.07) is 4.95. The fourth-order valence-electron chi connectivity index (χ4n) is 3.80. The largest absolute Gasteiger partial charge is 0.271 e. The highest BCUT2D eigenvalue weighted by Gasteiger charge is 2.29. The van der Waals surface area contributed by atoms with Gasteiger partial charge in [0.15, 0.2) is 0 Å². The van der Waals surface area contributed by atoms with Crippen LogP contribution < -0.4 is 11.3 Å². The summed E-state index contributed by atoms with van der Waals surface area (Å²) in [7, 11) is 0. The SMILES string of the molecule is CCC1CCCC(C(NN)c2cc(C)c(C)cc2C)C1. The van der Waals surface area contributed by atoms with Crippen molar-refractivity contribution in [3.05, 3.63) is 34.4 Å². The van der Waals surface area contributed by atoms with Gasteiger partial charge in [0.25, 0.3) is 0 Å². The third-order valence-corrected chi connectivity index (χ3v) is 5.27. The molecule has 3 atom stereocenters. The molecule has 0 spiro atoms. The van der Waals surface area contributed by atoms with Gasteiger partial charge in [0.1, 0.15) is 0 Å². The lowest BCUT2D eigenvalue weighted by Gasteiger charge is -2.35. The molecule has 1 fully saturated rings. The van der Waals surface area contributed by atoms with E-state index in [0.29, 0.717) is 12.0 Å². The molecule has 2 heteroatoms. The lowest BCUT2D eigenvalue weighted by molar-refractivity contribution is 0.209. The molecule has 1 saturated carbocycles. The predicted molar refractivity (Wildman–Crippen MR) is 86.5 cm³/mol. The van der Waals surface area contributed by atoms with Crippen LogP contribution in [0, 0.1) is 32.6 Å². The second kappa shape index (κ2) is 6.73. The minimum Gasteiger partial charge on any atom is -0.271 e. The third-order valence-electron chi connectivity index (χ3n) is 5.27. The van der Waals surface area contributed by atoms with E-state index in [-0.39, 0.29) is 0 Å². The van der Waals surface area contributed by atoms with Gasteiger partial charge in [-0.2, -0.15) is 0 Å². The summed E-state index contributed by atoms with van der Waals surface area (Å²) >= 11 is 0. The highest BCUT2D eigenvalue weighted by Crippen LogP contribution is 2.39. The number of nitrogens with two attached hydrogens (primary N) is 1. The van der Waals surface area contributed by atoms with Gasteiger partial charge in [-0.25, -0.2) is 0 Å². The number of aryl methyl sites for hydroxylation is 3. The molecular formula is C18H30N2. The number of rotatable bonds is 4. The number of hydrogen-bond acceptors (Lipinski definition) is 2. The van der Waals surface area contributed by atoms with Gasteiger partial charge in [0.2, 0.25) is 0 Å². The van der Waals surface area contributed by atoms with E-state index in [0.717, 1.165) is 5.92 Å². The van der Waals surface area contributed by atoms with E-state index in [9.17, 15) is 0 Å². The van der Waals surface area contributed by atoms with Crippen LogP contribution in [-0.4, -0.2) is 0 Å². The summed E-state index contributed by atoms with van der Waals surface area (Å²) in [5.74, 6) is 7.50. The van der Waals surface area contributed by atoms with Gasteiger partial charge in [0.05, 0.1) is 0 Å². The number of nitrogens with one attached hydrogen (secondary N) is 1. The third kappa shape index (κ3) is 3.24. The first-order chi connectivity index (χ1) is 9.56. The molecule has 3 N–H and O–H groups in total. The minimum absolute atomic E-state index is 0.309. The van der Waals surface area contributed by atoms with Crippen LogP contribution in [0.2, 0.25) is 0 Å². The zero-order valence-electron chi connectivity index (χ0n) is 13.5. The highest BCUT2D eigenvalue weighted by molar-refractivity contribution is 5.38. The molecule has 112 valence electrons. The molecule has 1 aromatic carbocycles. The van der Waals surface area contributed by atoms with Crippen molar-refractivity contribution in [2.75, 3.05) is 0 Å². The van der Waals surface area contributed by atoms with Gasteiger partial charge in [-0.15, -0.1) is 0 Å². The number of hydrogen-bond donors (Lipinski definition) is 2. The van der Waals surface area contributed by atoms with Gasteiger partial charge < -0.3 is 0 Å². The Bertz CT molecular complexity index is 453. The molecule has 1 aromatic rings. The quantitative estimate of drug-likeness (QED) is 0.633. The highest BCUT2D eigenvalue weighted by atomic mass is 15.2. The topological polar surface area (TPSA) is 38.0 Å². The minimum atomic E-state index is 0.309. The molecule has 0 aromatic heterocycles. The van der Waals surface area contributed by atoms with E-state index in [1.165, 1.54) is 54.4 Å². The molecule has 2 nitrogen and oxygen atoms in total. The van der Waals surface area contributed by atoms with Crippen molar-refractivity contribution in [1.82, 2.24) is 5.43 Å². The molecule has 0 radical (unpaired) electrons. The van der Waals surface area contributed by atoms with E-state index in [1.54, 1.807) is 0 Å². The molecule has 0 heterocycles. The molecule has 3 unspecified atom stereocenters. The van der Waals surface area contributed by atoms with Crippen molar-refractivity contribution >= 4 is 0 Å². The molecule has 20 heavy (non-hydrogen) atoms. The Balaban J connectivity index is 2.25. The van der Waals surface area contributed by atoms with Crippen LogP contribution in [0.1, 0.15) is 67.3 Å². The van der Waals surface area contributed by atoms with Crippen molar-refractivity contribution in [1.29, 1.82) is 0 Å². The van der Waals surface area contributed by atoms with E-state index in [4.69, 9.17) is 5.84 Å². The second-order valence-electron chi connectivity index (χ2n) is 6.64. The average Bonchev–Trinajstić information content (AvgIpc) is 2.45. The summed E-state index contributed by atoms with van der Waals surface area (Å²) in [5, 5.41) is 0. The van der Waals surface area contributed by atoms with Gasteiger partial charge in [0, 0.05) is 6.04 Å². The first-order valence-corrected chi connectivity index (χ1v) is 8.10. The Kier molecular flexibility index (Phi) is 5.22. The zero-order chi connectivity index (χ0) is 14.7. The van der Waals surface area contributed by atoms with Crippen molar-refractivity contribution in [3.8, 4) is 0 Å². The molecule has 0 aliphatic heterocycles. The Morgan fingerprint density at radius 3 is 2.50 bits per heavy atom. The lowest BCUT2D eigenvalue weighted by Crippen LogP contribution is -2.36. The molecular weight excluding hydrogens is 244 g/mol. The normalized spacial score (nSPS) is 24.6. The smallest absolute Gasteiger partial charge is 0.0490 e. The maximum atomic E-state index is 5.93. The van der Waals surface area contributed by atoms with Crippen molar-refractivity contribution < 1.29 is 0 Å². The zero-order valence-corrected chi connectivity index (χ0v) is 13.5. The molecule has 0 amide bonds. The van der Waals surface area contributed by atoms with Crippen LogP contribution in [0.25, 0.3) is 0 Å². The molecule has 1 aliphatic rings. The van der Waals surface area contributed by atoms with Gasteiger partial charge in [-0.3, -0.25) is 11.3 Å². The van der Waals surface area contributed by atoms with Crippen LogP contribution in [0.3, 0.4) is 0 Å². The van der Waals surface area contributed by atoms with Crippen molar-refractivity contribution in [3.63, 3.8) is 0 Å². The monoisotopic (exact) mass is 274 g/mol. The van der Waals surface area contributed by atoms with E-state index in [2.05, 4.69) is 45.3 Å². The van der Waals surface area contributed by atoms with E-state index < -0.39 is 0 Å². The van der Waals surface area contributed by atoms with E-state index >= 15 is 0 Å². The second-order valence-corrected chi connectivity index (χ2v) is 6.64. The average molecular weight is 274 g/mol. The molecule has 0 bridgehead atoms. The van der Waals surface area contributed by atoms with Crippen LogP contribution in [0.5, 0.6) is 0 Å². The predicted octanol–water partition coefficient (Wildman–Crippen LogP) is 4.33. The summed E-state index contributed by atoms with van der Waals surface area (Å²) in [5.41, 5.74) is 8.63. The van der Waals surface area contributed by atoms with Crippen LogP contribution in [0.4, 0.5) is 0 Å². The van der Waals surface area contributed by atoms with Gasteiger partial charge >= 0.3 is 0 Å². The Morgan fingerprint density at radius 1 is 1.15 bits per heavy atom. The molecule has 1 aliphatic carbocycles. The number of benzene rings is 1. The van der Waals surface area contributed by atoms with Crippen molar-refractivity contribution in [2.24, 2.45) is 17.7 Å². The van der Waals surface area contributed by atoms with Gasteiger partial charge in [-0.05, 0) is 67.7 Å². The van der Waals surface area contributed by atoms with Crippen LogP contribution in [-0.2, 0) is 0 Å². The molecule has 2 rings (SSSR count). The van der Waals surface area contributed by atoms with Crippen LogP contribution in [0.15, 0.2) is 12.1 Å². The van der Waals surface area contributed by atoms with Crippen LogP contribution >= 0.6 is 0 Å². The maximum Gasteiger partial charge on any atom is 0.0490 e. The lowest BCUT2D eigenvalue weighted by atomic mass is 9.74. The first-order valence-electron chi connectivity index (χ1n) is 8.10. The Hall–Kier alpha value is -0.860. The fraction of sp³-hybridized carbons (Fsp3) is 0.667.